The van der Waals surface area contributed by atoms with E-state index in [9.17, 15) is 10.1 Å². The van der Waals surface area contributed by atoms with Gasteiger partial charge in [-0.05, 0) is 85.2 Å². The molecule has 2 aromatic heterocycles. The van der Waals surface area contributed by atoms with Crippen molar-refractivity contribution >= 4 is 33.5 Å². The Balaban J connectivity index is 1.10. The van der Waals surface area contributed by atoms with Crippen LogP contribution >= 0.6 is 0 Å². The fraction of sp³-hybridized carbons (Fsp3) is 0.265. The zero-order chi connectivity index (χ0) is 27.8. The van der Waals surface area contributed by atoms with Crippen molar-refractivity contribution in [3.8, 4) is 17.5 Å². The van der Waals surface area contributed by atoms with Gasteiger partial charge in [0.25, 0.3) is 5.91 Å². The number of hydrogen-bond acceptors (Lipinski definition) is 4. The number of fused-ring (bicyclic) bond motifs is 2. The third-order valence-corrected chi connectivity index (χ3v) is 8.02. The summed E-state index contributed by atoms with van der Waals surface area (Å²) in [4.78, 5) is 17.5. The number of carbonyl (C=O) groups excluding carboxylic acids is 1. The molecule has 1 aliphatic carbocycles. The predicted molar refractivity (Wildman–Crippen MR) is 159 cm³/mol. The van der Waals surface area contributed by atoms with Crippen LogP contribution in [0.15, 0.2) is 77.2 Å². The third-order valence-electron chi connectivity index (χ3n) is 8.02. The summed E-state index contributed by atoms with van der Waals surface area (Å²) in [6, 6.07) is 23.9. The van der Waals surface area contributed by atoms with Gasteiger partial charge in [0.15, 0.2) is 5.58 Å². The Hall–Kier alpha value is -4.63. The molecule has 6 nitrogen and oxygen atoms in total. The maximum Gasteiger partial charge on any atom is 0.251 e. The van der Waals surface area contributed by atoms with E-state index in [1.54, 1.807) is 6.07 Å². The van der Waals surface area contributed by atoms with E-state index in [2.05, 4.69) is 78.2 Å². The van der Waals surface area contributed by atoms with Crippen LogP contribution in [-0.2, 0) is 7.05 Å². The molecule has 0 saturated carbocycles. The first-order valence-electron chi connectivity index (χ1n) is 13.9. The van der Waals surface area contributed by atoms with Gasteiger partial charge < -0.3 is 14.3 Å². The first kappa shape index (κ1) is 25.6. The van der Waals surface area contributed by atoms with Gasteiger partial charge in [0.1, 0.15) is 5.52 Å². The summed E-state index contributed by atoms with van der Waals surface area (Å²) in [5.74, 6) is 1.03. The monoisotopic (exact) mass is 528 g/mol. The second kappa shape index (κ2) is 10.5. The van der Waals surface area contributed by atoms with Crippen LogP contribution < -0.4 is 5.32 Å². The highest BCUT2D eigenvalue weighted by molar-refractivity contribution is 5.94. The molecule has 0 bridgehead atoms. The topological polar surface area (TPSA) is 83.9 Å². The number of aryl methyl sites for hydroxylation is 1. The van der Waals surface area contributed by atoms with Gasteiger partial charge in [-0.25, -0.2) is 4.98 Å². The SMILES string of the molecule is CC(C)c1cc(C#N)cc2nc(-c3ccc(C(=O)NCC4CC=C(c5cc6ccccc6n5C)CC4)cc3)oc12. The van der Waals surface area contributed by atoms with Crippen LogP contribution in [0, 0.1) is 17.2 Å². The lowest BCUT2D eigenvalue weighted by molar-refractivity contribution is 0.0946. The molecule has 0 aliphatic heterocycles. The zero-order valence-corrected chi connectivity index (χ0v) is 23.1. The van der Waals surface area contributed by atoms with E-state index >= 15 is 0 Å². The Kier molecular flexibility index (Phi) is 6.73. The fourth-order valence-corrected chi connectivity index (χ4v) is 5.68. The molecule has 0 saturated heterocycles. The van der Waals surface area contributed by atoms with Crippen molar-refractivity contribution in [2.45, 2.75) is 39.0 Å². The lowest BCUT2D eigenvalue weighted by Gasteiger charge is -2.22. The number of para-hydroxylation sites is 1. The summed E-state index contributed by atoms with van der Waals surface area (Å²) in [7, 11) is 2.13. The number of nitriles is 1. The summed E-state index contributed by atoms with van der Waals surface area (Å²) in [5, 5.41) is 13.8. The summed E-state index contributed by atoms with van der Waals surface area (Å²) in [5.41, 5.74) is 8.24. The highest BCUT2D eigenvalue weighted by atomic mass is 16.3. The van der Waals surface area contributed by atoms with E-state index in [4.69, 9.17) is 4.42 Å². The van der Waals surface area contributed by atoms with Crippen LogP contribution in [0.1, 0.15) is 66.2 Å². The van der Waals surface area contributed by atoms with E-state index in [1.165, 1.54) is 22.2 Å². The molecule has 6 heteroatoms. The minimum atomic E-state index is -0.0756. The Morgan fingerprint density at radius 3 is 2.65 bits per heavy atom. The molecule has 0 fully saturated rings. The smallest absolute Gasteiger partial charge is 0.251 e. The molecule has 1 atom stereocenters. The summed E-state index contributed by atoms with van der Waals surface area (Å²) >= 11 is 0. The third kappa shape index (κ3) is 4.80. The molecule has 0 radical (unpaired) electrons. The van der Waals surface area contributed by atoms with Gasteiger partial charge in [-0.3, -0.25) is 4.79 Å². The fourth-order valence-electron chi connectivity index (χ4n) is 5.68. The van der Waals surface area contributed by atoms with Gasteiger partial charge in [-0.2, -0.15) is 5.26 Å². The number of aromatic nitrogens is 2. The lowest BCUT2D eigenvalue weighted by Crippen LogP contribution is -2.30. The molecular formula is C34H32N4O2. The minimum absolute atomic E-state index is 0.0756. The van der Waals surface area contributed by atoms with E-state index < -0.39 is 0 Å². The van der Waals surface area contributed by atoms with Crippen LogP contribution in [0.5, 0.6) is 0 Å². The van der Waals surface area contributed by atoms with Crippen molar-refractivity contribution in [3.63, 3.8) is 0 Å². The number of nitrogens with zero attached hydrogens (tertiary/aromatic N) is 3. The van der Waals surface area contributed by atoms with Crippen LogP contribution in [-0.4, -0.2) is 22.0 Å². The van der Waals surface area contributed by atoms with Crippen LogP contribution in [0.4, 0.5) is 0 Å². The summed E-state index contributed by atoms with van der Waals surface area (Å²) in [6.45, 7) is 4.79. The standard InChI is InChI=1S/C34H32N4O2/c1-21(2)28-16-23(19-35)17-29-32(28)40-34(37-29)26-14-12-25(13-15-26)33(39)36-20-22-8-10-24(11-9-22)31-18-27-6-4-5-7-30(27)38(31)3/h4-7,10,12-18,21-22H,8-9,11,20H2,1-3H3,(H,36,39). The Morgan fingerprint density at radius 2 is 1.95 bits per heavy atom. The van der Waals surface area contributed by atoms with Gasteiger partial charge in [0.2, 0.25) is 5.89 Å². The van der Waals surface area contributed by atoms with E-state index in [0.717, 1.165) is 30.4 Å². The second-order valence-electron chi connectivity index (χ2n) is 11.0. The van der Waals surface area contributed by atoms with Gasteiger partial charge in [0, 0.05) is 46.9 Å². The first-order chi connectivity index (χ1) is 19.4. The van der Waals surface area contributed by atoms with Crippen LogP contribution in [0.2, 0.25) is 0 Å². The van der Waals surface area contributed by atoms with Gasteiger partial charge >= 0.3 is 0 Å². The second-order valence-corrected chi connectivity index (χ2v) is 11.0. The quantitative estimate of drug-likeness (QED) is 0.246. The number of rotatable bonds is 6. The maximum atomic E-state index is 12.9. The van der Waals surface area contributed by atoms with E-state index in [-0.39, 0.29) is 11.8 Å². The molecule has 1 unspecified atom stereocenters. The van der Waals surface area contributed by atoms with Crippen molar-refractivity contribution in [2.75, 3.05) is 6.54 Å². The molecule has 5 aromatic rings. The average Bonchev–Trinajstić information content (AvgIpc) is 3.57. The highest BCUT2D eigenvalue weighted by Gasteiger charge is 2.20. The van der Waals surface area contributed by atoms with Crippen molar-refractivity contribution in [3.05, 3.63) is 95.2 Å². The molecular weight excluding hydrogens is 496 g/mol. The van der Waals surface area contributed by atoms with Crippen molar-refractivity contribution in [1.29, 1.82) is 5.26 Å². The van der Waals surface area contributed by atoms with Crippen LogP contribution in [0.3, 0.4) is 0 Å². The Bertz CT molecular complexity index is 1800. The molecule has 3 aromatic carbocycles. The summed E-state index contributed by atoms with van der Waals surface area (Å²) < 4.78 is 8.39. The van der Waals surface area contributed by atoms with Gasteiger partial charge in [-0.15, -0.1) is 0 Å². The zero-order valence-electron chi connectivity index (χ0n) is 23.1. The molecule has 1 amide bonds. The number of allylic oxidation sites excluding steroid dienone is 2. The normalized spacial score (nSPS) is 15.4. The van der Waals surface area contributed by atoms with Gasteiger partial charge in [0.05, 0.1) is 11.6 Å². The number of amides is 1. The number of benzene rings is 3. The summed E-state index contributed by atoms with van der Waals surface area (Å²) in [6.07, 6.45) is 5.36. The number of carbonyl (C=O) groups is 1. The largest absolute Gasteiger partial charge is 0.436 e. The number of hydrogen-bond donors (Lipinski definition) is 1. The predicted octanol–water partition coefficient (Wildman–Crippen LogP) is 7.60. The molecule has 40 heavy (non-hydrogen) atoms. The molecule has 2 heterocycles. The highest BCUT2D eigenvalue weighted by Crippen LogP contribution is 2.33. The minimum Gasteiger partial charge on any atom is -0.436 e. The van der Waals surface area contributed by atoms with Crippen molar-refractivity contribution in [2.24, 2.45) is 13.0 Å². The van der Waals surface area contributed by atoms with E-state index in [1.807, 2.05) is 30.3 Å². The van der Waals surface area contributed by atoms with Crippen LogP contribution in [0.25, 0.3) is 39.0 Å². The van der Waals surface area contributed by atoms with Gasteiger partial charge in [-0.1, -0.05) is 38.1 Å². The maximum absolute atomic E-state index is 12.9. The first-order valence-corrected chi connectivity index (χ1v) is 13.9. The number of oxazole rings is 1. The molecule has 0 spiro atoms. The Morgan fingerprint density at radius 1 is 1.15 bits per heavy atom. The molecule has 1 N–H and O–H groups in total. The molecule has 1 aliphatic rings. The molecule has 6 rings (SSSR count). The molecule has 200 valence electrons. The Labute approximate surface area is 233 Å². The number of nitrogens with one attached hydrogen (secondary N) is 1. The van der Waals surface area contributed by atoms with Crippen molar-refractivity contribution in [1.82, 2.24) is 14.9 Å². The average molecular weight is 529 g/mol. The lowest BCUT2D eigenvalue weighted by atomic mass is 9.88. The van der Waals surface area contributed by atoms with Crippen molar-refractivity contribution < 1.29 is 9.21 Å². The van der Waals surface area contributed by atoms with E-state index in [0.29, 0.717) is 40.6 Å².